The lowest BCUT2D eigenvalue weighted by molar-refractivity contribution is -0.690. The van der Waals surface area contributed by atoms with Crippen LogP contribution in [0.1, 0.15) is 38.9 Å². The highest BCUT2D eigenvalue weighted by molar-refractivity contribution is 8.18. The first-order chi connectivity index (χ1) is 35.8. The number of para-hydroxylation sites is 4. The summed E-state index contributed by atoms with van der Waals surface area (Å²) >= 11 is 7.68. The van der Waals surface area contributed by atoms with Crippen molar-refractivity contribution in [3.05, 3.63) is 257 Å². The van der Waals surface area contributed by atoms with Crippen molar-refractivity contribution in [2.75, 3.05) is 7.11 Å². The first-order valence-electron chi connectivity index (χ1n) is 24.4. The Morgan fingerprint density at radius 2 is 0.671 bits per heavy atom. The molecule has 9 heteroatoms. The Labute approximate surface area is 445 Å². The van der Waals surface area contributed by atoms with Crippen LogP contribution in [0.15, 0.2) is 238 Å². The highest BCUT2D eigenvalue weighted by Gasteiger charge is 2.63. The van der Waals surface area contributed by atoms with Crippen LogP contribution in [0.25, 0.3) is 11.1 Å². The van der Waals surface area contributed by atoms with E-state index in [1.807, 2.05) is 47.0 Å². The van der Waals surface area contributed by atoms with Crippen LogP contribution >= 0.6 is 47.0 Å². The predicted octanol–water partition coefficient (Wildman–Crippen LogP) is 16.1. The van der Waals surface area contributed by atoms with Crippen LogP contribution in [-0.2, 0) is 0 Å². The molecule has 9 aromatic rings. The third-order valence-electron chi connectivity index (χ3n) is 13.5. The fourth-order valence-electron chi connectivity index (χ4n) is 9.95. The zero-order valence-corrected chi connectivity index (χ0v) is 44.2. The van der Waals surface area contributed by atoms with E-state index in [0.717, 1.165) is 28.5 Å². The molecule has 354 valence electrons. The van der Waals surface area contributed by atoms with Gasteiger partial charge in [-0.15, -0.1) is 18.3 Å². The molecule has 0 aromatic heterocycles. The Balaban J connectivity index is 0.000000149. The number of nitrogens with zero attached hydrogens (tertiary/aromatic N) is 4. The largest absolute Gasteiger partial charge is 0.497 e. The van der Waals surface area contributed by atoms with E-state index in [0.29, 0.717) is 0 Å². The molecule has 73 heavy (non-hydrogen) atoms. The van der Waals surface area contributed by atoms with Crippen molar-refractivity contribution in [3.63, 3.8) is 0 Å². The summed E-state index contributed by atoms with van der Waals surface area (Å²) in [5, 5.41) is 0. The molecule has 5 nitrogen and oxygen atoms in total. The summed E-state index contributed by atoms with van der Waals surface area (Å²) in [5.41, 5.74) is 15.8. The fourth-order valence-corrected chi connectivity index (χ4v) is 16.3. The number of benzene rings is 9. The van der Waals surface area contributed by atoms with Crippen LogP contribution in [0.5, 0.6) is 5.75 Å². The average molecular weight is 1020 g/mol. The molecule has 9 aromatic carbocycles. The van der Waals surface area contributed by atoms with E-state index in [1.165, 1.54) is 69.7 Å². The quantitative estimate of drug-likeness (QED) is 0.154. The number of fused-ring (bicyclic) bond motifs is 4. The van der Waals surface area contributed by atoms with E-state index >= 15 is 0 Å². The van der Waals surface area contributed by atoms with Crippen molar-refractivity contribution in [2.24, 2.45) is 0 Å². The van der Waals surface area contributed by atoms with Gasteiger partial charge in [0, 0.05) is 115 Å². The summed E-state index contributed by atoms with van der Waals surface area (Å²) in [6.07, 6.45) is 9.28. The van der Waals surface area contributed by atoms with E-state index in [2.05, 4.69) is 282 Å². The summed E-state index contributed by atoms with van der Waals surface area (Å²) in [6, 6.07) is 77.7. The van der Waals surface area contributed by atoms with Crippen molar-refractivity contribution in [2.45, 2.75) is 49.0 Å². The molecule has 0 radical (unpaired) electrons. The molecule has 0 saturated heterocycles. The molecule has 0 saturated carbocycles. The normalized spacial score (nSPS) is 18.1. The lowest BCUT2D eigenvalue weighted by Gasteiger charge is -2.32. The van der Waals surface area contributed by atoms with Crippen molar-refractivity contribution < 1.29 is 23.0 Å². The lowest BCUT2D eigenvalue weighted by Crippen LogP contribution is -2.47. The van der Waals surface area contributed by atoms with E-state index < -0.39 is 8.65 Å². The van der Waals surface area contributed by atoms with Gasteiger partial charge in [-0.1, -0.05) is 140 Å². The third kappa shape index (κ3) is 8.58. The topological polar surface area (TPSA) is 21.3 Å². The Bertz CT molecular complexity index is 3700. The third-order valence-corrected chi connectivity index (χ3v) is 20.1. The van der Waals surface area contributed by atoms with E-state index in [9.17, 15) is 0 Å². The maximum atomic E-state index is 5.62. The molecule has 13 rings (SSSR count). The number of thioether (sulfide) groups is 4. The molecule has 4 aliphatic heterocycles. The molecule has 0 amide bonds. The SMILES string of the molecule is COc1cc(C)c2c(c1)C=[N+](c1ccccc1)C1(Sc3c(C)cccc3C=[N+]1c1ccccc1)S2.Cc1cccc2c1SC1(Sc3c(cccc3-c3ccccc3)C=[N+]1c1ccccc1)[N+](c1ccccc1)=C2. The van der Waals surface area contributed by atoms with Crippen LogP contribution in [0.4, 0.5) is 22.7 Å². The monoisotopic (exact) mass is 1020 g/mol. The first-order valence-corrected chi connectivity index (χ1v) is 27.7. The average Bonchev–Trinajstić information content (AvgIpc) is 3.44. The molecular weight excluding hydrogens is 969 g/mol. The van der Waals surface area contributed by atoms with Crippen molar-refractivity contribution in [3.8, 4) is 16.9 Å². The predicted molar refractivity (Wildman–Crippen MR) is 307 cm³/mol. The second-order valence-electron chi connectivity index (χ2n) is 18.3. The summed E-state index contributed by atoms with van der Waals surface area (Å²) < 4.78 is 14.4. The molecule has 2 spiro atoms. The van der Waals surface area contributed by atoms with Crippen LogP contribution in [0.2, 0.25) is 0 Å². The van der Waals surface area contributed by atoms with Crippen LogP contribution < -0.4 is 4.74 Å². The van der Waals surface area contributed by atoms with Gasteiger partial charge < -0.3 is 4.74 Å². The number of aryl methyl sites for hydroxylation is 3. The van der Waals surface area contributed by atoms with Crippen LogP contribution in [0.3, 0.4) is 0 Å². The Morgan fingerprint density at radius 1 is 0.329 bits per heavy atom. The standard InChI is InChI=1S/C34H26N2S2.C30H26N2OS2/c1-25-13-11-16-27-23-35(29-18-7-3-8-19-29)34(37-32(25)27)36(30-20-9-4-10-21-30)24-28-17-12-22-31(33(28)38-34)26-14-5-2-6-15-26;1-21-11-10-12-23-19-31(25-13-6-4-7-14-25)30(34-28(21)23)32(26-15-8-5-9-16-26)20-24-18-27(33-3)17-22(2)29(24)35-30/h2-24H,1H3;4-20H,1-3H3/q2*+2. The van der Waals surface area contributed by atoms with E-state index in [1.54, 1.807) is 7.11 Å². The fraction of sp³-hybridized carbons (Fsp3) is 0.0938. The Kier molecular flexibility index (Phi) is 12.7. The van der Waals surface area contributed by atoms with Gasteiger partial charge in [0.05, 0.1) is 29.4 Å². The zero-order chi connectivity index (χ0) is 49.5. The molecule has 0 fully saturated rings. The van der Waals surface area contributed by atoms with Crippen molar-refractivity contribution in [1.29, 1.82) is 0 Å². The zero-order valence-electron chi connectivity index (χ0n) is 40.9. The Hall–Kier alpha value is -7.14. The molecule has 4 heterocycles. The van der Waals surface area contributed by atoms with Gasteiger partial charge in [0.25, 0.3) is 0 Å². The van der Waals surface area contributed by atoms with Gasteiger partial charge in [-0.25, -0.2) is 0 Å². The minimum atomic E-state index is -0.514. The smallest absolute Gasteiger partial charge is 0.470 e. The highest BCUT2D eigenvalue weighted by atomic mass is 32.2. The highest BCUT2D eigenvalue weighted by Crippen LogP contribution is 2.59. The lowest BCUT2D eigenvalue weighted by atomic mass is 10.0. The maximum Gasteiger partial charge on any atom is 0.470 e. The number of ether oxygens (including phenoxy) is 1. The summed E-state index contributed by atoms with van der Waals surface area (Å²) in [4.78, 5) is 5.21. The van der Waals surface area contributed by atoms with Gasteiger partial charge >= 0.3 is 8.65 Å². The summed E-state index contributed by atoms with van der Waals surface area (Å²) in [5.74, 6) is 0.881. The molecule has 0 bridgehead atoms. The molecule has 2 atom stereocenters. The maximum absolute atomic E-state index is 5.62. The van der Waals surface area contributed by atoms with Gasteiger partial charge in [0.2, 0.25) is 22.7 Å². The second kappa shape index (κ2) is 19.7. The molecule has 4 aliphatic rings. The van der Waals surface area contributed by atoms with E-state index in [4.69, 9.17) is 4.74 Å². The molecule has 0 N–H and O–H groups in total. The van der Waals surface area contributed by atoms with Crippen molar-refractivity contribution >= 4 is 94.7 Å². The Morgan fingerprint density at radius 3 is 1.08 bits per heavy atom. The minimum absolute atomic E-state index is 0.492. The molecule has 0 aliphatic carbocycles. The summed E-state index contributed by atoms with van der Waals surface area (Å²) in [7, 11) is 1.73. The number of hydrogen-bond donors (Lipinski definition) is 0. The van der Waals surface area contributed by atoms with Gasteiger partial charge in [0.15, 0.2) is 24.9 Å². The first kappa shape index (κ1) is 46.9. The van der Waals surface area contributed by atoms with Gasteiger partial charge in [0.1, 0.15) is 5.75 Å². The van der Waals surface area contributed by atoms with Crippen molar-refractivity contribution in [1.82, 2.24) is 0 Å². The second-order valence-corrected chi connectivity index (χ2v) is 23.5. The van der Waals surface area contributed by atoms with Gasteiger partial charge in [-0.2, -0.15) is 0 Å². The molecular formula is C64H52N4OS4+4. The van der Waals surface area contributed by atoms with E-state index in [-0.39, 0.29) is 0 Å². The summed E-state index contributed by atoms with van der Waals surface area (Å²) in [6.45, 7) is 6.61. The van der Waals surface area contributed by atoms with Crippen LogP contribution in [0, 0.1) is 20.8 Å². The minimum Gasteiger partial charge on any atom is -0.497 e. The molecule has 2 unspecified atom stereocenters. The van der Waals surface area contributed by atoms with Gasteiger partial charge in [-0.05, 0) is 78.9 Å². The number of rotatable bonds is 6. The number of methoxy groups -OCH3 is 1. The van der Waals surface area contributed by atoms with Crippen LogP contribution in [-0.4, -0.2) is 58.9 Å². The number of hydrogen-bond acceptors (Lipinski definition) is 5. The van der Waals surface area contributed by atoms with Gasteiger partial charge in [-0.3, -0.25) is 0 Å².